The Bertz CT molecular complexity index is 1260. The highest BCUT2D eigenvalue weighted by Gasteiger charge is 2.42. The summed E-state index contributed by atoms with van der Waals surface area (Å²) in [6.07, 6.45) is 1.98. The minimum Gasteiger partial charge on any atom is -0.269 e. The van der Waals surface area contributed by atoms with Crippen LogP contribution in [0.5, 0.6) is 0 Å². The van der Waals surface area contributed by atoms with Gasteiger partial charge in [0.2, 0.25) is 0 Å². The molecule has 1 aliphatic heterocycles. The molecule has 146 valence electrons. The van der Waals surface area contributed by atoms with Crippen molar-refractivity contribution in [3.05, 3.63) is 50.7 Å². The van der Waals surface area contributed by atoms with Gasteiger partial charge in [-0.25, -0.2) is 0 Å². The second-order valence-corrected chi connectivity index (χ2v) is 10.3. The number of imide groups is 1. The summed E-state index contributed by atoms with van der Waals surface area (Å²) in [5.74, 6) is -0.758. The van der Waals surface area contributed by atoms with Crippen LogP contribution in [0.25, 0.3) is 21.2 Å². The summed E-state index contributed by atoms with van der Waals surface area (Å²) in [5.41, 5.74) is 3.53. The van der Waals surface area contributed by atoms with Crippen molar-refractivity contribution in [1.29, 1.82) is 5.26 Å². The quantitative estimate of drug-likeness (QED) is 0.310. The molecular formula is C22H18N2O2S3. The monoisotopic (exact) mass is 438 g/mol. The van der Waals surface area contributed by atoms with Crippen LogP contribution < -0.4 is 0 Å². The molecule has 1 aliphatic rings. The average molecular weight is 439 g/mol. The molecule has 7 heteroatoms. The fourth-order valence-electron chi connectivity index (χ4n) is 3.82. The maximum absolute atomic E-state index is 13.4. The molecule has 4 nitrogen and oxygen atoms in total. The van der Waals surface area contributed by atoms with Crippen LogP contribution in [0.2, 0.25) is 0 Å². The van der Waals surface area contributed by atoms with Gasteiger partial charge in [0, 0.05) is 31.0 Å². The zero-order chi connectivity index (χ0) is 20.9. The Morgan fingerprint density at radius 1 is 1.00 bits per heavy atom. The summed E-state index contributed by atoms with van der Waals surface area (Å²) in [7, 11) is 0. The number of thioether (sulfide) groups is 1. The number of amides is 2. The van der Waals surface area contributed by atoms with Gasteiger partial charge in [-0.3, -0.25) is 14.5 Å². The second-order valence-electron chi connectivity index (χ2n) is 6.78. The van der Waals surface area contributed by atoms with E-state index in [1.54, 1.807) is 34.4 Å². The smallest absolute Gasteiger partial charge is 0.263 e. The van der Waals surface area contributed by atoms with Crippen molar-refractivity contribution in [2.24, 2.45) is 0 Å². The third-order valence-electron chi connectivity index (χ3n) is 5.21. The Morgan fingerprint density at radius 2 is 1.66 bits per heavy atom. The Morgan fingerprint density at radius 3 is 2.24 bits per heavy atom. The number of benzene rings is 1. The van der Waals surface area contributed by atoms with E-state index in [0.29, 0.717) is 11.1 Å². The van der Waals surface area contributed by atoms with Crippen molar-refractivity contribution < 1.29 is 9.59 Å². The van der Waals surface area contributed by atoms with Gasteiger partial charge in [0.15, 0.2) is 0 Å². The van der Waals surface area contributed by atoms with Crippen LogP contribution in [0.3, 0.4) is 0 Å². The molecule has 0 unspecified atom stereocenters. The molecule has 0 spiro atoms. The molecule has 0 saturated heterocycles. The standard InChI is InChI=1S/C22H18N2O2S3/c1-11-12(2)28-13(3)16(11)18-19(21(26)24(10-9-23)20(18)25)17-14-7-5-6-8-15(14)29-22(17)27-4/h5-8H,10H2,1-4H3. The molecule has 3 heterocycles. The lowest BCUT2D eigenvalue weighted by molar-refractivity contribution is -0.135. The van der Waals surface area contributed by atoms with Crippen molar-refractivity contribution in [2.45, 2.75) is 25.0 Å². The molecular weight excluding hydrogens is 420 g/mol. The van der Waals surface area contributed by atoms with Crippen LogP contribution in [0.15, 0.2) is 28.5 Å². The van der Waals surface area contributed by atoms with Crippen molar-refractivity contribution in [1.82, 2.24) is 4.90 Å². The van der Waals surface area contributed by atoms with E-state index in [9.17, 15) is 14.9 Å². The van der Waals surface area contributed by atoms with Crippen molar-refractivity contribution in [2.75, 3.05) is 12.8 Å². The van der Waals surface area contributed by atoms with E-state index in [1.165, 1.54) is 0 Å². The van der Waals surface area contributed by atoms with Gasteiger partial charge in [0.05, 0.1) is 21.4 Å². The zero-order valence-electron chi connectivity index (χ0n) is 16.5. The molecule has 4 rings (SSSR count). The normalized spacial score (nSPS) is 14.4. The molecule has 0 atom stereocenters. The fraction of sp³-hybridized carbons (Fsp3) is 0.227. The van der Waals surface area contributed by atoms with Gasteiger partial charge in [-0.2, -0.15) is 5.26 Å². The minimum atomic E-state index is -0.381. The Labute approximate surface area is 181 Å². The summed E-state index contributed by atoms with van der Waals surface area (Å²) < 4.78 is 2.08. The summed E-state index contributed by atoms with van der Waals surface area (Å²) in [6.45, 7) is 5.75. The first-order chi connectivity index (χ1) is 13.9. The third kappa shape index (κ3) is 2.94. The van der Waals surface area contributed by atoms with Gasteiger partial charge in [-0.15, -0.1) is 34.4 Å². The lowest BCUT2D eigenvalue weighted by Gasteiger charge is -2.10. The fourth-order valence-corrected chi connectivity index (χ4v) is 6.85. The minimum absolute atomic E-state index is 0.247. The lowest BCUT2D eigenvalue weighted by Crippen LogP contribution is -2.31. The average Bonchev–Trinajstić information content (AvgIpc) is 3.27. The van der Waals surface area contributed by atoms with E-state index in [1.807, 2.05) is 57.4 Å². The van der Waals surface area contributed by atoms with E-state index in [-0.39, 0.29) is 18.4 Å². The summed E-state index contributed by atoms with van der Waals surface area (Å²) in [6, 6.07) is 9.91. The Balaban J connectivity index is 2.12. The molecule has 0 fully saturated rings. The number of hydrogen-bond acceptors (Lipinski definition) is 6. The maximum Gasteiger partial charge on any atom is 0.263 e. The van der Waals surface area contributed by atoms with Crippen LogP contribution in [0.1, 0.15) is 26.4 Å². The predicted molar refractivity (Wildman–Crippen MR) is 121 cm³/mol. The Hall–Kier alpha value is -2.40. The molecule has 0 aliphatic carbocycles. The van der Waals surface area contributed by atoms with Crippen molar-refractivity contribution in [3.8, 4) is 6.07 Å². The number of aryl methyl sites for hydroxylation is 2. The molecule has 0 radical (unpaired) electrons. The molecule has 1 aromatic carbocycles. The summed E-state index contributed by atoms with van der Waals surface area (Å²) in [4.78, 5) is 30.0. The molecule has 0 saturated carbocycles. The summed E-state index contributed by atoms with van der Waals surface area (Å²) in [5, 5.41) is 10.2. The number of fused-ring (bicyclic) bond motifs is 1. The first-order valence-electron chi connectivity index (χ1n) is 9.01. The van der Waals surface area contributed by atoms with Gasteiger partial charge < -0.3 is 0 Å². The Kier molecular flexibility index (Phi) is 5.11. The van der Waals surface area contributed by atoms with Gasteiger partial charge in [-0.1, -0.05) is 18.2 Å². The lowest BCUT2D eigenvalue weighted by atomic mass is 9.93. The van der Waals surface area contributed by atoms with Crippen LogP contribution in [-0.2, 0) is 9.59 Å². The zero-order valence-corrected chi connectivity index (χ0v) is 18.9. The molecule has 2 aromatic heterocycles. The van der Waals surface area contributed by atoms with Crippen molar-refractivity contribution in [3.63, 3.8) is 0 Å². The highest BCUT2D eigenvalue weighted by Crippen LogP contribution is 2.48. The number of carbonyl (C=O) groups excluding carboxylic acids is 2. The largest absolute Gasteiger partial charge is 0.269 e. The highest BCUT2D eigenvalue weighted by atomic mass is 32.2. The molecule has 0 bridgehead atoms. The number of thiophene rings is 2. The van der Waals surface area contributed by atoms with E-state index in [2.05, 4.69) is 0 Å². The van der Waals surface area contributed by atoms with E-state index >= 15 is 0 Å². The summed E-state index contributed by atoms with van der Waals surface area (Å²) >= 11 is 4.83. The third-order valence-corrected chi connectivity index (χ3v) is 8.62. The number of rotatable bonds is 4. The number of carbonyl (C=O) groups is 2. The highest BCUT2D eigenvalue weighted by molar-refractivity contribution is 8.00. The first kappa shape index (κ1) is 19.9. The topological polar surface area (TPSA) is 61.2 Å². The van der Waals surface area contributed by atoms with Gasteiger partial charge in [0.1, 0.15) is 6.54 Å². The second kappa shape index (κ2) is 7.45. The van der Waals surface area contributed by atoms with E-state index in [4.69, 9.17) is 0 Å². The van der Waals surface area contributed by atoms with Gasteiger partial charge >= 0.3 is 0 Å². The number of hydrogen-bond donors (Lipinski definition) is 0. The van der Waals surface area contributed by atoms with Crippen molar-refractivity contribution >= 4 is 67.5 Å². The molecule has 29 heavy (non-hydrogen) atoms. The molecule has 0 N–H and O–H groups in total. The van der Waals surface area contributed by atoms with Crippen LogP contribution >= 0.6 is 34.4 Å². The maximum atomic E-state index is 13.4. The SMILES string of the molecule is CSc1sc2ccccc2c1C1=C(c2c(C)sc(C)c2C)C(=O)N(CC#N)C1=O. The predicted octanol–water partition coefficient (Wildman–Crippen LogP) is 5.41. The number of nitriles is 1. The van der Waals surface area contributed by atoms with Gasteiger partial charge in [0.25, 0.3) is 11.8 Å². The first-order valence-corrected chi connectivity index (χ1v) is 11.9. The van der Waals surface area contributed by atoms with Gasteiger partial charge in [-0.05, 0) is 38.7 Å². The van der Waals surface area contributed by atoms with E-state index in [0.717, 1.165) is 45.6 Å². The van der Waals surface area contributed by atoms with Crippen LogP contribution in [-0.4, -0.2) is 29.5 Å². The molecule has 2 amide bonds. The van der Waals surface area contributed by atoms with E-state index < -0.39 is 0 Å². The number of nitrogens with zero attached hydrogens (tertiary/aromatic N) is 2. The van der Waals surface area contributed by atoms with Crippen LogP contribution in [0.4, 0.5) is 0 Å². The van der Waals surface area contributed by atoms with Crippen LogP contribution in [0, 0.1) is 32.1 Å². The molecule has 3 aromatic rings.